The normalized spacial score (nSPS) is 11.7. The summed E-state index contributed by atoms with van der Waals surface area (Å²) in [5, 5.41) is 0. The lowest BCUT2D eigenvalue weighted by atomic mass is 10.1. The zero-order chi connectivity index (χ0) is 15.1. The molecule has 106 valence electrons. The van der Waals surface area contributed by atoms with Crippen molar-refractivity contribution in [2.75, 3.05) is 0 Å². The van der Waals surface area contributed by atoms with Gasteiger partial charge in [0.2, 0.25) is 0 Å². The molecule has 0 atom stereocenters. The average molecular weight is 285 g/mol. The van der Waals surface area contributed by atoms with Gasteiger partial charge in [0, 0.05) is 22.6 Å². The molecule has 20 heavy (non-hydrogen) atoms. The van der Waals surface area contributed by atoms with Gasteiger partial charge in [-0.3, -0.25) is 4.79 Å². The van der Waals surface area contributed by atoms with Crippen LogP contribution in [0.5, 0.6) is 0 Å². The van der Waals surface area contributed by atoms with Gasteiger partial charge >= 0.3 is 6.18 Å². The molecule has 0 saturated heterocycles. The number of hydrogen-bond donors (Lipinski definition) is 0. The summed E-state index contributed by atoms with van der Waals surface area (Å²) < 4.78 is 52.9. The fraction of sp³-hybridized carbons (Fsp3) is 0.214. The summed E-state index contributed by atoms with van der Waals surface area (Å²) in [6.07, 6.45) is -4.13. The Balaban J connectivity index is 2.66. The Hall–Kier alpha value is -2.11. The number of rotatable bonds is 2. The first-order valence-corrected chi connectivity index (χ1v) is 5.77. The van der Waals surface area contributed by atoms with Crippen molar-refractivity contribution >= 4 is 6.29 Å². The molecular formula is C14H11F4NO. The molecule has 0 fully saturated rings. The molecule has 1 heterocycles. The van der Waals surface area contributed by atoms with Crippen LogP contribution in [-0.4, -0.2) is 10.9 Å². The highest BCUT2D eigenvalue weighted by atomic mass is 19.4. The quantitative estimate of drug-likeness (QED) is 0.602. The molecular weight excluding hydrogens is 274 g/mol. The third kappa shape index (κ3) is 2.33. The molecule has 0 amide bonds. The number of aryl methyl sites for hydroxylation is 1. The Morgan fingerprint density at radius 2 is 1.80 bits per heavy atom. The van der Waals surface area contributed by atoms with Gasteiger partial charge in [0.1, 0.15) is 5.82 Å². The highest BCUT2D eigenvalue weighted by Gasteiger charge is 2.34. The van der Waals surface area contributed by atoms with E-state index in [2.05, 4.69) is 0 Å². The van der Waals surface area contributed by atoms with E-state index in [4.69, 9.17) is 0 Å². The zero-order valence-electron chi connectivity index (χ0n) is 10.8. The number of aldehydes is 1. The van der Waals surface area contributed by atoms with Crippen LogP contribution in [0.4, 0.5) is 17.6 Å². The number of nitrogens with zero attached hydrogens (tertiary/aromatic N) is 1. The zero-order valence-corrected chi connectivity index (χ0v) is 10.8. The van der Waals surface area contributed by atoms with Crippen molar-refractivity contribution in [2.24, 2.45) is 0 Å². The summed E-state index contributed by atoms with van der Waals surface area (Å²) in [5.41, 5.74) is 0.346. The summed E-state index contributed by atoms with van der Waals surface area (Å²) in [6, 6.07) is 4.33. The highest BCUT2D eigenvalue weighted by molar-refractivity contribution is 5.77. The van der Waals surface area contributed by atoms with Crippen molar-refractivity contribution in [3.05, 3.63) is 52.6 Å². The minimum atomic E-state index is -4.76. The smallest absolute Gasteiger partial charge is 0.318 e. The molecule has 0 unspecified atom stereocenters. The maximum Gasteiger partial charge on any atom is 0.419 e. The van der Waals surface area contributed by atoms with Gasteiger partial charge in [0.25, 0.3) is 0 Å². The molecule has 2 nitrogen and oxygen atoms in total. The van der Waals surface area contributed by atoms with Gasteiger partial charge in [0.05, 0.1) is 5.56 Å². The van der Waals surface area contributed by atoms with Gasteiger partial charge < -0.3 is 4.57 Å². The summed E-state index contributed by atoms with van der Waals surface area (Å²) in [4.78, 5) is 10.9. The monoisotopic (exact) mass is 285 g/mol. The van der Waals surface area contributed by atoms with Gasteiger partial charge in [-0.25, -0.2) is 4.39 Å². The van der Waals surface area contributed by atoms with E-state index in [0.717, 1.165) is 12.1 Å². The van der Waals surface area contributed by atoms with E-state index in [0.29, 0.717) is 23.2 Å². The van der Waals surface area contributed by atoms with Crippen LogP contribution in [0.15, 0.2) is 24.3 Å². The number of aromatic nitrogens is 1. The Bertz CT molecular complexity index is 671. The van der Waals surface area contributed by atoms with Crippen LogP contribution >= 0.6 is 0 Å². The summed E-state index contributed by atoms with van der Waals surface area (Å²) in [5.74, 6) is -1.32. The molecule has 6 heteroatoms. The Labute approximate surface area is 112 Å². The predicted molar refractivity (Wildman–Crippen MR) is 65.6 cm³/mol. The van der Waals surface area contributed by atoms with Gasteiger partial charge in [-0.05, 0) is 38.1 Å². The maximum absolute atomic E-state index is 13.3. The number of halogens is 4. The molecule has 0 saturated carbocycles. The van der Waals surface area contributed by atoms with Gasteiger partial charge in [0.15, 0.2) is 6.29 Å². The van der Waals surface area contributed by atoms with Crippen molar-refractivity contribution in [3.63, 3.8) is 0 Å². The minimum absolute atomic E-state index is 0.168. The summed E-state index contributed by atoms with van der Waals surface area (Å²) in [7, 11) is 0. The fourth-order valence-electron chi connectivity index (χ4n) is 2.17. The molecule has 1 aromatic carbocycles. The van der Waals surface area contributed by atoms with Gasteiger partial charge in [-0.2, -0.15) is 13.2 Å². The second kappa shape index (κ2) is 4.77. The van der Waals surface area contributed by atoms with Crippen LogP contribution in [0.25, 0.3) is 5.69 Å². The van der Waals surface area contributed by atoms with Crippen molar-refractivity contribution in [2.45, 2.75) is 20.0 Å². The highest BCUT2D eigenvalue weighted by Crippen LogP contribution is 2.33. The first-order chi connectivity index (χ1) is 9.25. The summed E-state index contributed by atoms with van der Waals surface area (Å²) >= 11 is 0. The standard InChI is InChI=1S/C14H11F4NO/c1-8-5-10(7-20)9(2)19(8)11-3-4-13(15)12(6-11)14(16,17)18/h3-7H,1-2H3. The molecule has 2 rings (SSSR count). The number of carbonyl (C=O) groups is 1. The second-order valence-corrected chi connectivity index (χ2v) is 4.44. The SMILES string of the molecule is Cc1cc(C=O)c(C)n1-c1ccc(F)c(C(F)(F)F)c1. The maximum atomic E-state index is 13.3. The Morgan fingerprint density at radius 1 is 1.15 bits per heavy atom. The fourth-order valence-corrected chi connectivity index (χ4v) is 2.17. The van der Waals surface area contributed by atoms with E-state index in [1.807, 2.05) is 0 Å². The van der Waals surface area contributed by atoms with E-state index in [1.165, 1.54) is 10.6 Å². The molecule has 0 bridgehead atoms. The first kappa shape index (κ1) is 14.3. The molecule has 0 aliphatic carbocycles. The topological polar surface area (TPSA) is 22.0 Å². The molecule has 0 radical (unpaired) electrons. The number of carbonyl (C=O) groups excluding carboxylic acids is 1. The van der Waals surface area contributed by atoms with Gasteiger partial charge in [-0.15, -0.1) is 0 Å². The van der Waals surface area contributed by atoms with Crippen LogP contribution in [0, 0.1) is 19.7 Å². The lowest BCUT2D eigenvalue weighted by Gasteiger charge is -2.13. The van der Waals surface area contributed by atoms with Crippen molar-refractivity contribution in [1.29, 1.82) is 0 Å². The van der Waals surface area contributed by atoms with Crippen LogP contribution < -0.4 is 0 Å². The molecule has 0 spiro atoms. The van der Waals surface area contributed by atoms with Crippen molar-refractivity contribution < 1.29 is 22.4 Å². The molecule has 2 aromatic rings. The number of benzene rings is 1. The van der Waals surface area contributed by atoms with E-state index in [-0.39, 0.29) is 5.69 Å². The van der Waals surface area contributed by atoms with E-state index in [9.17, 15) is 22.4 Å². The van der Waals surface area contributed by atoms with Crippen LogP contribution in [-0.2, 0) is 6.18 Å². The lowest BCUT2D eigenvalue weighted by molar-refractivity contribution is -0.140. The van der Waals surface area contributed by atoms with E-state index >= 15 is 0 Å². The van der Waals surface area contributed by atoms with Crippen molar-refractivity contribution in [1.82, 2.24) is 4.57 Å². The van der Waals surface area contributed by atoms with E-state index in [1.54, 1.807) is 19.9 Å². The molecule has 0 N–H and O–H groups in total. The van der Waals surface area contributed by atoms with E-state index < -0.39 is 17.6 Å². The van der Waals surface area contributed by atoms with Crippen molar-refractivity contribution in [3.8, 4) is 5.69 Å². The number of alkyl halides is 3. The van der Waals surface area contributed by atoms with Crippen LogP contribution in [0.1, 0.15) is 27.3 Å². The summed E-state index contributed by atoms with van der Waals surface area (Å²) in [6.45, 7) is 3.28. The van der Waals surface area contributed by atoms with Crippen LogP contribution in [0.3, 0.4) is 0 Å². The second-order valence-electron chi connectivity index (χ2n) is 4.44. The Kier molecular flexibility index (Phi) is 3.41. The number of hydrogen-bond acceptors (Lipinski definition) is 1. The Morgan fingerprint density at radius 3 is 2.30 bits per heavy atom. The van der Waals surface area contributed by atoms with Crippen LogP contribution in [0.2, 0.25) is 0 Å². The third-order valence-corrected chi connectivity index (χ3v) is 3.11. The molecule has 0 aliphatic rings. The van der Waals surface area contributed by atoms with Gasteiger partial charge in [-0.1, -0.05) is 0 Å². The molecule has 0 aliphatic heterocycles. The largest absolute Gasteiger partial charge is 0.419 e. The minimum Gasteiger partial charge on any atom is -0.318 e. The average Bonchev–Trinajstić information content (AvgIpc) is 2.64. The third-order valence-electron chi connectivity index (χ3n) is 3.11. The first-order valence-electron chi connectivity index (χ1n) is 5.77. The lowest BCUT2D eigenvalue weighted by Crippen LogP contribution is -2.10. The predicted octanol–water partition coefficient (Wildman–Crippen LogP) is 4.06. The molecule has 1 aromatic heterocycles.